The van der Waals surface area contributed by atoms with Gasteiger partial charge in [-0.1, -0.05) is 169 Å². The zero-order valence-corrected chi connectivity index (χ0v) is 36.6. The highest BCUT2D eigenvalue weighted by Crippen LogP contribution is 2.43. The number of fused-ring (bicyclic) bond motifs is 6. The van der Waals surface area contributed by atoms with Gasteiger partial charge in [0, 0.05) is 32.7 Å². The zero-order valence-electron chi connectivity index (χ0n) is 36.6. The van der Waals surface area contributed by atoms with E-state index < -0.39 is 0 Å². The van der Waals surface area contributed by atoms with Gasteiger partial charge in [0.1, 0.15) is 11.6 Å². The highest BCUT2D eigenvalue weighted by atomic mass is 15.0. The number of aromatic nitrogens is 3. The fourth-order valence-corrected chi connectivity index (χ4v) is 9.93. The van der Waals surface area contributed by atoms with E-state index in [2.05, 4.69) is 235 Å². The summed E-state index contributed by atoms with van der Waals surface area (Å²) >= 11 is 0. The molecule has 4 nitrogen and oxygen atoms in total. The predicted molar refractivity (Wildman–Crippen MR) is 274 cm³/mol. The molecule has 9 aromatic carbocycles. The molecule has 0 saturated carbocycles. The Kier molecular flexibility index (Phi) is 9.29. The molecule has 0 radical (unpaired) electrons. The van der Waals surface area contributed by atoms with Crippen molar-refractivity contribution in [2.45, 2.75) is 13.8 Å². The van der Waals surface area contributed by atoms with Crippen LogP contribution in [0.5, 0.6) is 0 Å². The summed E-state index contributed by atoms with van der Waals surface area (Å²) in [4.78, 5) is 5.26. The van der Waals surface area contributed by atoms with Gasteiger partial charge in [-0.2, -0.15) is 5.26 Å². The van der Waals surface area contributed by atoms with E-state index in [0.717, 1.165) is 99.8 Å². The molecule has 0 aliphatic carbocycles. The molecule has 310 valence electrons. The van der Waals surface area contributed by atoms with Crippen LogP contribution in [-0.2, 0) is 0 Å². The highest BCUT2D eigenvalue weighted by molar-refractivity contribution is 6.12. The molecule has 4 heteroatoms. The summed E-state index contributed by atoms with van der Waals surface area (Å²) in [5.41, 5.74) is 19.2. The maximum atomic E-state index is 11.7. The topological polar surface area (TPSA) is 46.5 Å². The lowest BCUT2D eigenvalue weighted by molar-refractivity contribution is 1.12. The Morgan fingerprint density at radius 1 is 0.333 bits per heavy atom. The maximum absolute atomic E-state index is 11.7. The Balaban J connectivity index is 1.18. The Morgan fingerprint density at radius 2 is 0.727 bits per heavy atom. The standard InChI is InChI=1S/C62H42N4/c1-40-15-13-21-44(31-40)46-27-29-59-52(33-46)50-23-9-11-25-57(50)65(59)61-37-49(48-35-55(42-17-5-3-6-18-42)64-56(36-48)43-19-7-4-8-20-43)38-62(54(61)39-63)66-58-26-12-10-24-51(58)53-34-47(28-30-60(53)66)45-22-14-16-41(2)32-45/h3-38H,1-2H3. The summed E-state index contributed by atoms with van der Waals surface area (Å²) in [6.07, 6.45) is 0. The molecular formula is C62H42N4. The first kappa shape index (κ1) is 38.9. The van der Waals surface area contributed by atoms with Gasteiger partial charge in [-0.15, -0.1) is 0 Å². The summed E-state index contributed by atoms with van der Waals surface area (Å²) in [5, 5.41) is 16.2. The molecule has 0 atom stereocenters. The van der Waals surface area contributed by atoms with Crippen LogP contribution in [-0.4, -0.2) is 14.1 Å². The van der Waals surface area contributed by atoms with Gasteiger partial charge in [-0.25, -0.2) is 4.98 Å². The molecule has 66 heavy (non-hydrogen) atoms. The average molecular weight is 843 g/mol. The molecule has 0 amide bonds. The van der Waals surface area contributed by atoms with Gasteiger partial charge in [0.25, 0.3) is 0 Å². The third-order valence-corrected chi connectivity index (χ3v) is 13.0. The molecule has 3 heterocycles. The molecule has 0 aliphatic rings. The second kappa shape index (κ2) is 15.8. The van der Waals surface area contributed by atoms with E-state index in [0.29, 0.717) is 5.56 Å². The van der Waals surface area contributed by atoms with E-state index >= 15 is 0 Å². The number of nitrogens with zero attached hydrogens (tertiary/aromatic N) is 4. The molecule has 0 bridgehead atoms. The number of aryl methyl sites for hydroxylation is 2. The zero-order chi connectivity index (χ0) is 44.3. The van der Waals surface area contributed by atoms with Crippen LogP contribution in [0.3, 0.4) is 0 Å². The summed E-state index contributed by atoms with van der Waals surface area (Å²) in [5.74, 6) is 0. The van der Waals surface area contributed by atoms with Gasteiger partial charge in [-0.05, 0) is 108 Å². The van der Waals surface area contributed by atoms with Crippen LogP contribution in [0.1, 0.15) is 16.7 Å². The third kappa shape index (κ3) is 6.57. The van der Waals surface area contributed by atoms with Gasteiger partial charge < -0.3 is 9.13 Å². The average Bonchev–Trinajstić information content (AvgIpc) is 3.88. The summed E-state index contributed by atoms with van der Waals surface area (Å²) in [6, 6.07) is 80.3. The number of hydrogen-bond donors (Lipinski definition) is 0. The lowest BCUT2D eigenvalue weighted by Crippen LogP contribution is -2.05. The van der Waals surface area contributed by atoms with Crippen LogP contribution in [0.25, 0.3) is 111 Å². The molecule has 12 aromatic rings. The summed E-state index contributed by atoms with van der Waals surface area (Å²) in [7, 11) is 0. The molecule has 12 rings (SSSR count). The summed E-state index contributed by atoms with van der Waals surface area (Å²) in [6.45, 7) is 4.27. The van der Waals surface area contributed by atoms with Crippen molar-refractivity contribution in [1.82, 2.24) is 14.1 Å². The molecule has 0 saturated heterocycles. The van der Waals surface area contributed by atoms with E-state index in [1.165, 1.54) is 22.3 Å². The highest BCUT2D eigenvalue weighted by Gasteiger charge is 2.24. The number of rotatable bonds is 7. The lowest BCUT2D eigenvalue weighted by atomic mass is 9.97. The largest absolute Gasteiger partial charge is 0.308 e. The molecule has 0 aliphatic heterocycles. The maximum Gasteiger partial charge on any atom is 0.104 e. The van der Waals surface area contributed by atoms with Crippen molar-refractivity contribution < 1.29 is 0 Å². The van der Waals surface area contributed by atoms with Crippen molar-refractivity contribution in [3.05, 3.63) is 235 Å². The molecular weight excluding hydrogens is 801 g/mol. The predicted octanol–water partition coefficient (Wildman–Crippen LogP) is 16.1. The molecule has 0 N–H and O–H groups in total. The van der Waals surface area contributed by atoms with Gasteiger partial charge in [0.2, 0.25) is 0 Å². The van der Waals surface area contributed by atoms with Gasteiger partial charge in [0.05, 0.1) is 44.8 Å². The molecule has 0 unspecified atom stereocenters. The van der Waals surface area contributed by atoms with Crippen LogP contribution >= 0.6 is 0 Å². The lowest BCUT2D eigenvalue weighted by Gasteiger charge is -2.19. The Bertz CT molecular complexity index is 3660. The Labute approximate surface area is 383 Å². The quantitative estimate of drug-likeness (QED) is 0.160. The first-order chi connectivity index (χ1) is 32.5. The Hall–Kier alpha value is -8.78. The van der Waals surface area contributed by atoms with Crippen LogP contribution in [0.2, 0.25) is 0 Å². The van der Waals surface area contributed by atoms with E-state index in [1.807, 2.05) is 12.1 Å². The SMILES string of the molecule is Cc1cccc(-c2ccc3c(c2)c2ccccc2n3-c2cc(-c3cc(-c4ccccc4)nc(-c4ccccc4)c3)cc(-n3c4ccccc4c4cc(-c5cccc(C)c5)ccc43)c2C#N)c1. The van der Waals surface area contributed by atoms with E-state index in [1.54, 1.807) is 0 Å². The van der Waals surface area contributed by atoms with E-state index in [4.69, 9.17) is 4.98 Å². The van der Waals surface area contributed by atoms with Gasteiger partial charge in [-0.3, -0.25) is 0 Å². The number of pyridine rings is 1. The van der Waals surface area contributed by atoms with Crippen molar-refractivity contribution in [2.75, 3.05) is 0 Å². The number of benzene rings is 9. The fraction of sp³-hybridized carbons (Fsp3) is 0.0323. The van der Waals surface area contributed by atoms with Crippen molar-refractivity contribution in [1.29, 1.82) is 5.26 Å². The Morgan fingerprint density at radius 3 is 1.18 bits per heavy atom. The van der Waals surface area contributed by atoms with Crippen LogP contribution in [0.15, 0.2) is 218 Å². The number of nitriles is 1. The minimum Gasteiger partial charge on any atom is -0.308 e. The summed E-state index contributed by atoms with van der Waals surface area (Å²) < 4.78 is 4.61. The van der Waals surface area contributed by atoms with Crippen LogP contribution in [0.4, 0.5) is 0 Å². The number of hydrogen-bond acceptors (Lipinski definition) is 2. The molecule has 0 spiro atoms. The van der Waals surface area contributed by atoms with Crippen LogP contribution in [0, 0.1) is 25.2 Å². The fourth-order valence-electron chi connectivity index (χ4n) is 9.93. The van der Waals surface area contributed by atoms with E-state index in [9.17, 15) is 5.26 Å². The minimum atomic E-state index is 0.579. The smallest absolute Gasteiger partial charge is 0.104 e. The van der Waals surface area contributed by atoms with Crippen LogP contribution < -0.4 is 0 Å². The molecule has 3 aromatic heterocycles. The first-order valence-electron chi connectivity index (χ1n) is 22.4. The normalized spacial score (nSPS) is 11.5. The van der Waals surface area contributed by atoms with Crippen molar-refractivity contribution >= 4 is 43.6 Å². The van der Waals surface area contributed by atoms with Crippen molar-refractivity contribution in [3.63, 3.8) is 0 Å². The molecule has 0 fully saturated rings. The van der Waals surface area contributed by atoms with Crippen molar-refractivity contribution in [2.24, 2.45) is 0 Å². The third-order valence-electron chi connectivity index (χ3n) is 13.0. The minimum absolute atomic E-state index is 0.579. The first-order valence-corrected chi connectivity index (χ1v) is 22.4. The number of para-hydroxylation sites is 2. The monoisotopic (exact) mass is 842 g/mol. The second-order valence-corrected chi connectivity index (χ2v) is 17.3. The van der Waals surface area contributed by atoms with Crippen molar-refractivity contribution in [3.8, 4) is 73.3 Å². The second-order valence-electron chi connectivity index (χ2n) is 17.3. The van der Waals surface area contributed by atoms with E-state index in [-0.39, 0.29) is 0 Å². The van der Waals surface area contributed by atoms with Gasteiger partial charge >= 0.3 is 0 Å². The van der Waals surface area contributed by atoms with Gasteiger partial charge in [0.15, 0.2) is 0 Å².